The van der Waals surface area contributed by atoms with E-state index in [2.05, 4.69) is 68.8 Å². The number of fused-ring (bicyclic) bond motifs is 2. The minimum atomic E-state index is -1.92. The largest absolute Gasteiger partial charge is 0.480 e. The SMILES string of the molecule is CC(=O)N[C@H]1CC(=O)NCC(=O)NCC[C@H](C(=O)N[C@H](Cc2ccc3ccccc3c2)C(=O)N[C@@H](CC(C)C)C(=O)N[C@@H](CCCNC(=N)N)C(=O)N2CCC[C@H]2C(=O)N[C@@H](CN)C(=O)O)NC(=O)[C@H](CC(=O)NN)NC(=O)[C@@H](Cc2c[nH]c3ccccc23)NC(=O)[C@@H](Cc2ccc(Cl)cc2)NC1=O. The van der Waals surface area contributed by atoms with E-state index in [-0.39, 0.29) is 69.9 Å². The van der Waals surface area contributed by atoms with Crippen LogP contribution in [0.25, 0.3) is 21.7 Å². The van der Waals surface area contributed by atoms with E-state index in [0.717, 1.165) is 17.7 Å². The van der Waals surface area contributed by atoms with E-state index in [0.29, 0.717) is 39.0 Å². The highest BCUT2D eigenvalue weighted by Crippen LogP contribution is 2.23. The van der Waals surface area contributed by atoms with Crippen LogP contribution in [0.15, 0.2) is 97.2 Å². The second-order valence-corrected chi connectivity index (χ2v) is 26.2. The van der Waals surface area contributed by atoms with Crippen LogP contribution in [0.3, 0.4) is 0 Å². The van der Waals surface area contributed by atoms with E-state index in [1.807, 2.05) is 23.6 Å². The molecule has 0 spiro atoms. The molecule has 0 bridgehead atoms. The Balaban J connectivity index is 1.24. The van der Waals surface area contributed by atoms with Gasteiger partial charge in [-0.05, 0) is 90.1 Å². The Labute approximate surface area is 602 Å². The summed E-state index contributed by atoms with van der Waals surface area (Å²) in [6, 6.07) is 10.1. The van der Waals surface area contributed by atoms with Gasteiger partial charge in [-0.15, -0.1) is 0 Å². The van der Waals surface area contributed by atoms with Gasteiger partial charge in [0.05, 0.1) is 19.4 Å². The van der Waals surface area contributed by atoms with Crippen molar-refractivity contribution in [2.75, 3.05) is 32.7 Å². The molecule has 10 atom stereocenters. The van der Waals surface area contributed by atoms with Gasteiger partial charge in [0.2, 0.25) is 76.8 Å². The molecular weight excluding hydrogens is 1370 g/mol. The molecule has 2 aliphatic rings. The van der Waals surface area contributed by atoms with Crippen LogP contribution in [0.4, 0.5) is 0 Å². The number of carboxylic acid groups (broad SMARTS) is 1. The molecule has 2 saturated heterocycles. The zero-order valence-corrected chi connectivity index (χ0v) is 58.4. The Hall–Kier alpha value is -11.3. The molecule has 0 unspecified atom stereocenters. The summed E-state index contributed by atoms with van der Waals surface area (Å²) < 4.78 is 0. The van der Waals surface area contributed by atoms with Gasteiger partial charge in [-0.25, -0.2) is 10.6 Å². The van der Waals surface area contributed by atoms with Crippen LogP contribution in [-0.2, 0) is 86.4 Å². The van der Waals surface area contributed by atoms with Gasteiger partial charge < -0.3 is 90.3 Å². The summed E-state index contributed by atoms with van der Waals surface area (Å²) in [4.78, 5) is 202. The Morgan fingerprint density at radius 1 is 0.702 bits per heavy atom. The van der Waals surface area contributed by atoms with Crippen LogP contribution in [0, 0.1) is 11.3 Å². The average Bonchev–Trinajstić information content (AvgIpc) is 1.49. The number of guanidine groups is 1. The summed E-state index contributed by atoms with van der Waals surface area (Å²) in [6.45, 7) is 3.08. The molecule has 35 heteroatoms. The van der Waals surface area contributed by atoms with Crippen molar-refractivity contribution in [3.8, 4) is 0 Å². The van der Waals surface area contributed by atoms with Gasteiger partial charge in [0.1, 0.15) is 60.4 Å². The lowest BCUT2D eigenvalue weighted by Gasteiger charge is -2.31. The number of benzene rings is 4. The zero-order chi connectivity index (χ0) is 75.7. The number of nitrogens with two attached hydrogens (primary N) is 3. The van der Waals surface area contributed by atoms with Crippen molar-refractivity contribution in [2.45, 2.75) is 152 Å². The van der Waals surface area contributed by atoms with Crippen LogP contribution >= 0.6 is 11.6 Å². The Kier molecular flexibility index (Phi) is 29.8. The number of amides is 13. The van der Waals surface area contributed by atoms with E-state index < -0.39 is 182 Å². The summed E-state index contributed by atoms with van der Waals surface area (Å²) in [7, 11) is 0. The van der Waals surface area contributed by atoms with Crippen molar-refractivity contribution < 1.29 is 72.2 Å². The first-order valence-corrected chi connectivity index (χ1v) is 34.3. The minimum Gasteiger partial charge on any atom is -0.480 e. The number of carboxylic acids is 1. The topological polar surface area (TPSA) is 537 Å². The number of hydrazine groups is 1. The quantitative estimate of drug-likeness (QED) is 0.00661. The smallest absolute Gasteiger partial charge is 0.327 e. The van der Waals surface area contributed by atoms with Gasteiger partial charge in [0, 0.05) is 74.5 Å². The molecule has 2 aliphatic heterocycles. The average molecular weight is 1460 g/mol. The number of aliphatic carboxylic acids is 1. The predicted octanol–water partition coefficient (Wildman–Crippen LogP) is -2.86. The van der Waals surface area contributed by atoms with Crippen LogP contribution in [-0.4, -0.2) is 197 Å². The number of halogens is 1. The first-order valence-electron chi connectivity index (χ1n) is 33.9. The molecule has 0 aliphatic carbocycles. The highest BCUT2D eigenvalue weighted by Gasteiger charge is 2.41. The molecule has 0 radical (unpaired) electrons. The predicted molar refractivity (Wildman–Crippen MR) is 380 cm³/mol. The fourth-order valence-electron chi connectivity index (χ4n) is 12.0. The fraction of sp³-hybridized carbons (Fsp3) is 0.435. The molecule has 104 heavy (non-hydrogen) atoms. The molecule has 2 fully saturated rings. The van der Waals surface area contributed by atoms with Crippen molar-refractivity contribution in [1.29, 1.82) is 5.41 Å². The van der Waals surface area contributed by atoms with Gasteiger partial charge in [-0.1, -0.05) is 98.2 Å². The summed E-state index contributed by atoms with van der Waals surface area (Å²) in [5.74, 6) is -8.75. The third-order valence-electron chi connectivity index (χ3n) is 17.3. The minimum absolute atomic E-state index is 0.0482. The van der Waals surface area contributed by atoms with Gasteiger partial charge in [-0.2, -0.15) is 0 Å². The number of nitrogens with zero attached hydrogens (tertiary/aromatic N) is 1. The van der Waals surface area contributed by atoms with Gasteiger partial charge in [-0.3, -0.25) is 73.2 Å². The number of likely N-dealkylation sites (tertiary alicyclic amines) is 1. The molecule has 4 aromatic carbocycles. The number of rotatable bonds is 26. The third kappa shape index (κ3) is 23.9. The maximum Gasteiger partial charge on any atom is 0.327 e. The van der Waals surface area contributed by atoms with Crippen LogP contribution in [0.5, 0.6) is 0 Å². The van der Waals surface area contributed by atoms with Gasteiger partial charge in [0.15, 0.2) is 5.96 Å². The van der Waals surface area contributed by atoms with Crippen LogP contribution < -0.4 is 86.5 Å². The van der Waals surface area contributed by atoms with Gasteiger partial charge >= 0.3 is 5.97 Å². The lowest BCUT2D eigenvalue weighted by Crippen LogP contribution is -2.61. The third-order valence-corrected chi connectivity index (χ3v) is 17.6. The second-order valence-electron chi connectivity index (χ2n) is 25.8. The molecular formula is C69H90ClN19O15. The van der Waals surface area contributed by atoms with E-state index >= 15 is 14.4 Å². The summed E-state index contributed by atoms with van der Waals surface area (Å²) in [6.07, 6.45) is -0.930. The molecule has 5 aromatic rings. The van der Waals surface area contributed by atoms with E-state index in [1.165, 1.54) is 17.0 Å². The number of hydrogen-bond acceptors (Lipinski definition) is 17. The van der Waals surface area contributed by atoms with Gasteiger partial charge in [0.25, 0.3) is 0 Å². The van der Waals surface area contributed by atoms with Crippen molar-refractivity contribution in [3.05, 3.63) is 119 Å². The van der Waals surface area contributed by atoms with Crippen LogP contribution in [0.1, 0.15) is 88.8 Å². The van der Waals surface area contributed by atoms with E-state index in [4.69, 9.17) is 34.3 Å². The number of carbonyl (C=O) groups excluding carboxylic acids is 13. The molecule has 1 aromatic heterocycles. The van der Waals surface area contributed by atoms with E-state index in [9.17, 15) is 57.8 Å². The fourth-order valence-corrected chi connectivity index (χ4v) is 12.2. The number of para-hydroxylation sites is 1. The van der Waals surface area contributed by atoms with Crippen LogP contribution in [0.2, 0.25) is 5.02 Å². The molecule has 3 heterocycles. The summed E-state index contributed by atoms with van der Waals surface area (Å²) >= 11 is 6.20. The monoisotopic (exact) mass is 1460 g/mol. The summed E-state index contributed by atoms with van der Waals surface area (Å²) in [5, 5.41) is 50.7. The number of H-pyrrole nitrogens is 1. The van der Waals surface area contributed by atoms with E-state index in [1.54, 1.807) is 80.7 Å². The van der Waals surface area contributed by atoms with Crippen molar-refractivity contribution in [1.82, 2.24) is 79.1 Å². The molecule has 558 valence electrons. The Bertz CT molecular complexity index is 3990. The normalized spacial score (nSPS) is 19.9. The molecule has 13 amide bonds. The Morgan fingerprint density at radius 2 is 1.34 bits per heavy atom. The number of nitrogens with one attached hydrogen (secondary N) is 15. The first-order chi connectivity index (χ1) is 49.6. The lowest BCUT2D eigenvalue weighted by atomic mass is 9.98. The molecule has 34 nitrogen and oxygen atoms in total. The number of carbonyl (C=O) groups is 14. The number of aromatic amines is 1. The molecule has 22 N–H and O–H groups in total. The number of aromatic nitrogens is 1. The zero-order valence-electron chi connectivity index (χ0n) is 57.6. The standard InChI is InChI=1S/C69H90ClN19O15/c1-36(2)26-48(60(95)81-47(14-8-23-76-69(72)73)67(102)89-25-9-15-55(89)66(101)87-54(33-71)68(103)104)82-62(97)50(29-39-16-19-40-10-4-5-11-41(40)27-39)83-59(94)46-22-24-75-58(93)35-78-56(91)31-52(79-37(3)90)64(99)84-49(28-38-17-20-43(70)21-18-38)61(96)85-51(30-42-34-77-45-13-7-6-12-44(42)45)63(98)86-53(65(100)80-46)32-57(92)88-74/h4-7,10-13,16-21,27,34,36,46-55,77H,8-9,14-15,22-26,28-33,35,71,74H2,1-3H3,(H,75,93)(H,78,91)(H,79,90)(H,80,100)(H,81,95)(H,82,97)(H,83,94)(H,84,99)(H,85,96)(H,86,98)(H,87,101)(H,88,92)(H,103,104)(H4,72,73,76)/t46-,47+,48+,49-,50-,51-,52+,53+,54+,55+/m1/s1. The second kappa shape index (κ2) is 38.7. The highest BCUT2D eigenvalue weighted by molar-refractivity contribution is 6.30. The molecule has 7 rings (SSSR count). The van der Waals surface area contributed by atoms with Crippen molar-refractivity contribution >= 4 is 122 Å². The maximum atomic E-state index is 15.2. The lowest BCUT2D eigenvalue weighted by molar-refractivity contribution is -0.145. The Morgan fingerprint density at radius 3 is 2.02 bits per heavy atom. The summed E-state index contributed by atoms with van der Waals surface area (Å²) in [5.41, 5.74) is 15.1. The first kappa shape index (κ1) is 80.1. The highest BCUT2D eigenvalue weighted by atomic mass is 35.5. The number of hydrogen-bond donors (Lipinski definition) is 19. The maximum absolute atomic E-state index is 15.2. The van der Waals surface area contributed by atoms with Crippen molar-refractivity contribution in [2.24, 2.45) is 23.2 Å². The molecule has 0 saturated carbocycles. The van der Waals surface area contributed by atoms with Crippen molar-refractivity contribution in [3.63, 3.8) is 0 Å².